The van der Waals surface area contributed by atoms with Crippen LogP contribution in [-0.2, 0) is 4.74 Å². The van der Waals surface area contributed by atoms with Gasteiger partial charge in [0.2, 0.25) is 0 Å². The predicted molar refractivity (Wildman–Crippen MR) is 79.3 cm³/mol. The van der Waals surface area contributed by atoms with Gasteiger partial charge >= 0.3 is 6.09 Å². The Balaban J connectivity index is 2.06. The van der Waals surface area contributed by atoms with Gasteiger partial charge in [-0.2, -0.15) is 0 Å². The maximum atomic E-state index is 11.0. The minimum Gasteiger partial charge on any atom is -0.495 e. The van der Waals surface area contributed by atoms with Gasteiger partial charge < -0.3 is 14.8 Å². The van der Waals surface area contributed by atoms with Crippen molar-refractivity contribution in [3.8, 4) is 5.75 Å². The second-order valence-corrected chi connectivity index (χ2v) is 4.30. The fraction of sp³-hybridized carbons (Fsp3) is 0.154. The van der Waals surface area contributed by atoms with Crippen LogP contribution in [0.5, 0.6) is 5.75 Å². The van der Waals surface area contributed by atoms with E-state index in [9.17, 15) is 4.79 Å². The Labute approximate surface area is 126 Å². The first-order valence-corrected chi connectivity index (χ1v) is 6.29. The third kappa shape index (κ3) is 3.96. The van der Waals surface area contributed by atoms with Crippen molar-refractivity contribution in [2.24, 2.45) is 0 Å². The highest BCUT2D eigenvalue weighted by atomic mass is 35.5. The van der Waals surface area contributed by atoms with E-state index < -0.39 is 6.09 Å². The van der Waals surface area contributed by atoms with Crippen LogP contribution in [0.1, 0.15) is 0 Å². The molecule has 2 aromatic rings. The predicted octanol–water partition coefficient (Wildman–Crippen LogP) is 3.06. The average molecular weight is 309 g/mol. The highest BCUT2D eigenvalue weighted by Crippen LogP contribution is 2.28. The van der Waals surface area contributed by atoms with Crippen molar-refractivity contribution in [3.05, 3.63) is 35.4 Å². The molecule has 21 heavy (non-hydrogen) atoms. The number of halogens is 1. The number of nitrogens with zero attached hydrogens (tertiary/aromatic N) is 2. The Morgan fingerprint density at radius 3 is 2.43 bits per heavy atom. The van der Waals surface area contributed by atoms with Crippen LogP contribution < -0.4 is 15.4 Å². The molecule has 1 amide bonds. The molecule has 1 aromatic carbocycles. The maximum Gasteiger partial charge on any atom is 0.412 e. The van der Waals surface area contributed by atoms with Gasteiger partial charge in [-0.1, -0.05) is 11.6 Å². The zero-order chi connectivity index (χ0) is 15.2. The number of hydrogen-bond donors (Lipinski definition) is 2. The first-order valence-electron chi connectivity index (χ1n) is 5.91. The third-order valence-corrected chi connectivity index (χ3v) is 2.80. The molecule has 0 unspecified atom stereocenters. The van der Waals surface area contributed by atoms with E-state index in [4.69, 9.17) is 16.3 Å². The number of amides is 1. The molecule has 8 heteroatoms. The first-order chi connectivity index (χ1) is 10.1. The molecule has 1 heterocycles. The lowest BCUT2D eigenvalue weighted by molar-refractivity contribution is 0.187. The van der Waals surface area contributed by atoms with Crippen molar-refractivity contribution in [3.63, 3.8) is 0 Å². The van der Waals surface area contributed by atoms with Crippen molar-refractivity contribution in [2.45, 2.75) is 0 Å². The number of nitrogens with one attached hydrogen (secondary N) is 2. The summed E-state index contributed by atoms with van der Waals surface area (Å²) in [6, 6.07) is 8.51. The van der Waals surface area contributed by atoms with E-state index in [1.54, 1.807) is 37.4 Å². The SMILES string of the molecule is COC(=O)Nc1ccc(Nc2ccc(OC)c(Cl)c2)nn1. The van der Waals surface area contributed by atoms with Gasteiger partial charge in [-0.05, 0) is 30.3 Å². The van der Waals surface area contributed by atoms with E-state index in [-0.39, 0.29) is 0 Å². The molecular weight excluding hydrogens is 296 g/mol. The molecule has 1 aromatic heterocycles. The number of anilines is 3. The molecule has 0 atom stereocenters. The Hall–Kier alpha value is -2.54. The van der Waals surface area contributed by atoms with Crippen LogP contribution in [0.15, 0.2) is 30.3 Å². The molecule has 0 spiro atoms. The normalized spacial score (nSPS) is 9.86. The molecule has 0 bridgehead atoms. The number of aromatic nitrogens is 2. The highest BCUT2D eigenvalue weighted by Gasteiger charge is 2.05. The third-order valence-electron chi connectivity index (χ3n) is 2.50. The summed E-state index contributed by atoms with van der Waals surface area (Å²) in [6.07, 6.45) is -0.605. The number of carbonyl (C=O) groups is 1. The summed E-state index contributed by atoms with van der Waals surface area (Å²) in [5.74, 6) is 1.39. The molecule has 0 saturated heterocycles. The number of ether oxygens (including phenoxy) is 2. The second kappa shape index (κ2) is 6.76. The van der Waals surface area contributed by atoms with Crippen LogP contribution >= 0.6 is 11.6 Å². The smallest absolute Gasteiger partial charge is 0.412 e. The van der Waals surface area contributed by atoms with E-state index >= 15 is 0 Å². The Kier molecular flexibility index (Phi) is 4.78. The Bertz CT molecular complexity index is 634. The van der Waals surface area contributed by atoms with Crippen molar-refractivity contribution in [1.82, 2.24) is 10.2 Å². The summed E-state index contributed by atoms with van der Waals surface area (Å²) in [6.45, 7) is 0. The van der Waals surface area contributed by atoms with Crippen LogP contribution in [0.4, 0.5) is 22.1 Å². The zero-order valence-electron chi connectivity index (χ0n) is 11.4. The fourth-order valence-electron chi connectivity index (χ4n) is 1.51. The lowest BCUT2D eigenvalue weighted by Gasteiger charge is -2.08. The molecule has 0 radical (unpaired) electrons. The summed E-state index contributed by atoms with van der Waals surface area (Å²) in [5, 5.41) is 13.7. The number of rotatable bonds is 4. The second-order valence-electron chi connectivity index (χ2n) is 3.89. The molecule has 110 valence electrons. The van der Waals surface area contributed by atoms with Crippen LogP contribution in [0, 0.1) is 0 Å². The summed E-state index contributed by atoms with van der Waals surface area (Å²) >= 11 is 6.03. The zero-order valence-corrected chi connectivity index (χ0v) is 12.1. The molecule has 0 aliphatic rings. The van der Waals surface area contributed by atoms with Crippen LogP contribution in [-0.4, -0.2) is 30.5 Å². The number of carbonyl (C=O) groups excluding carboxylic acids is 1. The van der Waals surface area contributed by atoms with E-state index in [1.165, 1.54) is 7.11 Å². The monoisotopic (exact) mass is 308 g/mol. The quantitative estimate of drug-likeness (QED) is 0.903. The molecule has 2 N–H and O–H groups in total. The summed E-state index contributed by atoms with van der Waals surface area (Å²) in [4.78, 5) is 11.0. The van der Waals surface area contributed by atoms with Crippen LogP contribution in [0.25, 0.3) is 0 Å². The number of benzene rings is 1. The van der Waals surface area contributed by atoms with Gasteiger partial charge in [-0.3, -0.25) is 5.32 Å². The van der Waals surface area contributed by atoms with Crippen molar-refractivity contribution < 1.29 is 14.3 Å². The van der Waals surface area contributed by atoms with E-state index in [2.05, 4.69) is 25.6 Å². The maximum absolute atomic E-state index is 11.0. The van der Waals surface area contributed by atoms with Gasteiger partial charge in [-0.25, -0.2) is 4.79 Å². The minimum absolute atomic E-state index is 0.292. The molecular formula is C13H13ClN4O3. The molecule has 0 saturated carbocycles. The average Bonchev–Trinajstić information content (AvgIpc) is 2.49. The van der Waals surface area contributed by atoms with Gasteiger partial charge in [0, 0.05) is 5.69 Å². The molecule has 0 aliphatic heterocycles. The van der Waals surface area contributed by atoms with E-state index in [0.29, 0.717) is 22.4 Å². The summed E-state index contributed by atoms with van der Waals surface area (Å²) in [5.41, 5.74) is 0.740. The van der Waals surface area contributed by atoms with E-state index in [0.717, 1.165) is 5.69 Å². The van der Waals surface area contributed by atoms with Gasteiger partial charge in [0.1, 0.15) is 5.75 Å². The van der Waals surface area contributed by atoms with Crippen molar-refractivity contribution >= 4 is 35.0 Å². The lowest BCUT2D eigenvalue weighted by Crippen LogP contribution is -2.12. The Morgan fingerprint density at radius 2 is 1.86 bits per heavy atom. The molecule has 2 rings (SSSR count). The number of methoxy groups -OCH3 is 2. The number of hydrogen-bond acceptors (Lipinski definition) is 6. The molecule has 7 nitrogen and oxygen atoms in total. The topological polar surface area (TPSA) is 85.4 Å². The van der Waals surface area contributed by atoms with Gasteiger partial charge in [-0.15, -0.1) is 10.2 Å². The largest absolute Gasteiger partial charge is 0.495 e. The van der Waals surface area contributed by atoms with Crippen LogP contribution in [0.3, 0.4) is 0 Å². The van der Waals surface area contributed by atoms with Crippen molar-refractivity contribution in [2.75, 3.05) is 24.9 Å². The lowest BCUT2D eigenvalue weighted by atomic mass is 10.3. The highest BCUT2D eigenvalue weighted by molar-refractivity contribution is 6.32. The van der Waals surface area contributed by atoms with Gasteiger partial charge in [0.25, 0.3) is 0 Å². The van der Waals surface area contributed by atoms with Gasteiger partial charge in [0.05, 0.1) is 19.2 Å². The molecule has 0 aliphatic carbocycles. The molecule has 0 fully saturated rings. The first kappa shape index (κ1) is 14.9. The fourth-order valence-corrected chi connectivity index (χ4v) is 1.77. The minimum atomic E-state index is -0.605. The van der Waals surface area contributed by atoms with Crippen molar-refractivity contribution in [1.29, 1.82) is 0 Å². The van der Waals surface area contributed by atoms with Crippen LogP contribution in [0.2, 0.25) is 5.02 Å². The Morgan fingerprint density at radius 1 is 1.14 bits per heavy atom. The van der Waals surface area contributed by atoms with E-state index in [1.807, 2.05) is 0 Å². The summed E-state index contributed by atoms with van der Waals surface area (Å²) < 4.78 is 9.53. The summed E-state index contributed by atoms with van der Waals surface area (Å²) in [7, 11) is 2.82. The van der Waals surface area contributed by atoms with Gasteiger partial charge in [0.15, 0.2) is 11.6 Å². The standard InChI is InChI=1S/C13H13ClN4O3/c1-20-10-4-3-8(7-9(10)14)15-11-5-6-12(18-17-11)16-13(19)21-2/h3-7H,1-2H3,(H,15,17)(H,16,18,19).